The van der Waals surface area contributed by atoms with E-state index in [1.54, 1.807) is 24.5 Å². The van der Waals surface area contributed by atoms with Crippen LogP contribution in [0.1, 0.15) is 63.5 Å². The lowest BCUT2D eigenvalue weighted by atomic mass is 10.1. The van der Waals surface area contributed by atoms with Crippen LogP contribution in [0.4, 0.5) is 0 Å². The Bertz CT molecular complexity index is 1000. The van der Waals surface area contributed by atoms with E-state index in [1.807, 2.05) is 64.4 Å². The number of carbonyl (C=O) groups excluding carboxylic acids is 1. The molecule has 2 heterocycles. The van der Waals surface area contributed by atoms with Crippen molar-refractivity contribution in [3.63, 3.8) is 0 Å². The Balaban J connectivity index is 0.00000129. The maximum atomic E-state index is 12.5. The van der Waals surface area contributed by atoms with Gasteiger partial charge in [-0.3, -0.25) is 19.3 Å². The molecule has 180 valence electrons. The second kappa shape index (κ2) is 13.9. The summed E-state index contributed by atoms with van der Waals surface area (Å²) in [5, 5.41) is 15.6. The minimum Gasteiger partial charge on any atom is -0.507 e. The van der Waals surface area contributed by atoms with Gasteiger partial charge in [-0.05, 0) is 38.1 Å². The second-order valence-electron chi connectivity index (χ2n) is 6.69. The zero-order chi connectivity index (χ0) is 25.0. The van der Waals surface area contributed by atoms with Gasteiger partial charge in [-0.2, -0.15) is 5.10 Å². The number of carbonyl (C=O) groups is 1. The van der Waals surface area contributed by atoms with E-state index in [2.05, 4.69) is 10.1 Å². The van der Waals surface area contributed by atoms with Crippen LogP contribution in [0.3, 0.4) is 0 Å². The number of hydrogen-bond donors (Lipinski definition) is 1. The average Bonchev–Trinajstić information content (AvgIpc) is 3.35. The zero-order valence-corrected chi connectivity index (χ0v) is 20.9. The van der Waals surface area contributed by atoms with Crippen LogP contribution in [0.5, 0.6) is 11.5 Å². The van der Waals surface area contributed by atoms with Crippen LogP contribution < -0.4 is 4.74 Å². The van der Waals surface area contributed by atoms with Gasteiger partial charge in [0, 0.05) is 31.0 Å². The van der Waals surface area contributed by atoms with Crippen molar-refractivity contribution >= 4 is 5.91 Å². The summed E-state index contributed by atoms with van der Waals surface area (Å²) in [5.74, 6) is -0.434. The number of nitrogens with zero attached hydrogens (tertiary/aromatic N) is 4. The zero-order valence-electron chi connectivity index (χ0n) is 20.9. The predicted octanol–water partition coefficient (Wildman–Crippen LogP) is 5.50. The predicted molar refractivity (Wildman–Crippen MR) is 130 cm³/mol. The molecular weight excluding hydrogens is 420 g/mol. The van der Waals surface area contributed by atoms with Gasteiger partial charge in [0.05, 0.1) is 18.5 Å². The molecule has 8 heteroatoms. The summed E-state index contributed by atoms with van der Waals surface area (Å²) in [6.45, 7) is 12.3. The Morgan fingerprint density at radius 3 is 2.42 bits per heavy atom. The van der Waals surface area contributed by atoms with E-state index in [1.165, 1.54) is 20.2 Å². The number of amides is 1. The summed E-state index contributed by atoms with van der Waals surface area (Å²) >= 11 is 0. The molecule has 0 radical (unpaired) electrons. The Morgan fingerprint density at radius 1 is 1.09 bits per heavy atom. The molecule has 2 aromatic heterocycles. The van der Waals surface area contributed by atoms with Crippen molar-refractivity contribution in [3.05, 3.63) is 59.9 Å². The molecule has 0 saturated heterocycles. The third kappa shape index (κ3) is 6.79. The lowest BCUT2D eigenvalue weighted by Gasteiger charge is -2.18. The van der Waals surface area contributed by atoms with Crippen molar-refractivity contribution in [1.29, 1.82) is 0 Å². The molecule has 0 atom stereocenters. The molecule has 0 saturated carbocycles. The van der Waals surface area contributed by atoms with Crippen LogP contribution in [0.2, 0.25) is 0 Å². The van der Waals surface area contributed by atoms with Gasteiger partial charge < -0.3 is 9.84 Å². The van der Waals surface area contributed by atoms with Crippen molar-refractivity contribution < 1.29 is 19.5 Å². The van der Waals surface area contributed by atoms with E-state index in [4.69, 9.17) is 9.57 Å². The molecule has 0 aliphatic heterocycles. The Hall–Kier alpha value is -3.39. The van der Waals surface area contributed by atoms with Crippen LogP contribution in [0, 0.1) is 0 Å². The summed E-state index contributed by atoms with van der Waals surface area (Å²) in [6, 6.07) is 10.5. The van der Waals surface area contributed by atoms with E-state index in [9.17, 15) is 9.90 Å². The number of phenolic OH excluding ortho intramolecular Hbond substituents is 1. The molecule has 8 nitrogen and oxygen atoms in total. The van der Waals surface area contributed by atoms with E-state index >= 15 is 0 Å². The van der Waals surface area contributed by atoms with Crippen molar-refractivity contribution in [1.82, 2.24) is 19.8 Å². The molecule has 3 rings (SSSR count). The maximum Gasteiger partial charge on any atom is 0.284 e. The molecule has 0 fully saturated rings. The van der Waals surface area contributed by atoms with Crippen molar-refractivity contribution in [3.8, 4) is 22.9 Å². The number of aromatic nitrogens is 3. The number of hydrogen-bond acceptors (Lipinski definition) is 6. The number of benzene rings is 1. The smallest absolute Gasteiger partial charge is 0.284 e. The highest BCUT2D eigenvalue weighted by Gasteiger charge is 2.22. The molecule has 1 aromatic carbocycles. The van der Waals surface area contributed by atoms with Gasteiger partial charge >= 0.3 is 0 Å². The first-order chi connectivity index (χ1) is 15.9. The van der Waals surface area contributed by atoms with Gasteiger partial charge in [-0.1, -0.05) is 39.8 Å². The van der Waals surface area contributed by atoms with Crippen LogP contribution in [0.25, 0.3) is 11.4 Å². The molecule has 0 aliphatic carbocycles. The number of pyridine rings is 1. The quantitative estimate of drug-likeness (QED) is 0.473. The minimum absolute atomic E-state index is 0.0366. The number of hydroxylamine groups is 2. The summed E-state index contributed by atoms with van der Waals surface area (Å²) in [6.07, 6.45) is 3.45. The second-order valence-corrected chi connectivity index (χ2v) is 6.69. The fraction of sp³-hybridized carbons (Fsp3) is 0.400. The van der Waals surface area contributed by atoms with Crippen LogP contribution >= 0.6 is 0 Å². The van der Waals surface area contributed by atoms with E-state index < -0.39 is 5.91 Å². The fourth-order valence-electron chi connectivity index (χ4n) is 2.95. The van der Waals surface area contributed by atoms with E-state index in [-0.39, 0.29) is 29.7 Å². The van der Waals surface area contributed by atoms with Gasteiger partial charge in [0.25, 0.3) is 5.91 Å². The third-order valence-corrected chi connectivity index (χ3v) is 4.45. The van der Waals surface area contributed by atoms with Crippen LogP contribution in [-0.2, 0) is 11.4 Å². The topological polar surface area (TPSA) is 89.7 Å². The van der Waals surface area contributed by atoms with Gasteiger partial charge in [0.2, 0.25) is 0 Å². The molecular formula is C25H36N4O4. The largest absolute Gasteiger partial charge is 0.507 e. The minimum atomic E-state index is -0.509. The van der Waals surface area contributed by atoms with Crippen molar-refractivity contribution in [2.24, 2.45) is 0 Å². The number of ether oxygens (including phenoxy) is 1. The highest BCUT2D eigenvalue weighted by molar-refractivity contribution is 5.98. The monoisotopic (exact) mass is 456 g/mol. The standard InChI is InChI=1S/C21H24N4O4.2C2H6/c1-14(2)25-16(10-12-23-25)20-15(7-6-11-22-20)13-29-18-9-5-8-17(26)19(18)21(27)24(3)28-4;2*1-2/h5-12,14,26H,13H2,1-4H3;2*1-2H3. The highest BCUT2D eigenvalue weighted by atomic mass is 16.7. The summed E-state index contributed by atoms with van der Waals surface area (Å²) in [4.78, 5) is 22.0. The SMILES string of the molecule is CC.CC.CON(C)C(=O)c1c(O)cccc1OCc1cccnc1-c1ccnn1C(C)C. The molecule has 1 N–H and O–H groups in total. The number of aromatic hydroxyl groups is 1. The van der Waals surface area contributed by atoms with Crippen molar-refractivity contribution in [2.45, 2.75) is 54.2 Å². The molecule has 1 amide bonds. The summed E-state index contributed by atoms with van der Waals surface area (Å²) < 4.78 is 7.82. The van der Waals surface area contributed by atoms with Gasteiger partial charge in [-0.15, -0.1) is 0 Å². The van der Waals surface area contributed by atoms with Crippen molar-refractivity contribution in [2.75, 3.05) is 14.2 Å². The summed E-state index contributed by atoms with van der Waals surface area (Å²) in [7, 11) is 2.84. The number of phenols is 1. The average molecular weight is 457 g/mol. The summed E-state index contributed by atoms with van der Waals surface area (Å²) in [5.41, 5.74) is 2.50. The fourth-order valence-corrected chi connectivity index (χ4v) is 2.95. The lowest BCUT2D eigenvalue weighted by Crippen LogP contribution is -2.26. The molecule has 0 aliphatic rings. The third-order valence-electron chi connectivity index (χ3n) is 4.45. The van der Waals surface area contributed by atoms with Gasteiger partial charge in [-0.25, -0.2) is 5.06 Å². The molecule has 33 heavy (non-hydrogen) atoms. The molecule has 0 unspecified atom stereocenters. The Morgan fingerprint density at radius 2 is 1.79 bits per heavy atom. The first-order valence-corrected chi connectivity index (χ1v) is 11.2. The highest BCUT2D eigenvalue weighted by Crippen LogP contribution is 2.30. The Labute approximate surface area is 196 Å². The lowest BCUT2D eigenvalue weighted by molar-refractivity contribution is -0.0760. The first-order valence-electron chi connectivity index (χ1n) is 11.2. The van der Waals surface area contributed by atoms with Gasteiger partial charge in [0.15, 0.2) is 0 Å². The van der Waals surface area contributed by atoms with E-state index in [0.29, 0.717) is 0 Å². The molecule has 0 spiro atoms. The molecule has 3 aromatic rings. The molecule has 0 bridgehead atoms. The van der Waals surface area contributed by atoms with Gasteiger partial charge in [0.1, 0.15) is 23.7 Å². The number of rotatable bonds is 7. The normalized spacial score (nSPS) is 9.97. The maximum absolute atomic E-state index is 12.5. The Kier molecular flexibility index (Phi) is 11.6. The first kappa shape index (κ1) is 27.6. The van der Waals surface area contributed by atoms with Crippen LogP contribution in [0.15, 0.2) is 48.8 Å². The van der Waals surface area contributed by atoms with Crippen LogP contribution in [-0.4, -0.2) is 45.0 Å². The van der Waals surface area contributed by atoms with E-state index in [0.717, 1.165) is 22.0 Å².